The van der Waals surface area contributed by atoms with Gasteiger partial charge in [0.25, 0.3) is 10.0 Å². The molecule has 0 radical (unpaired) electrons. The summed E-state index contributed by atoms with van der Waals surface area (Å²) in [5.41, 5.74) is 0.877. The molecule has 0 aliphatic carbocycles. The zero-order valence-electron chi connectivity index (χ0n) is 15.6. The average molecular weight is 467 g/mol. The lowest BCUT2D eigenvalue weighted by atomic mass is 10.2. The van der Waals surface area contributed by atoms with Crippen LogP contribution in [0.15, 0.2) is 77.7 Å². The molecular formula is C21H17Cl2FN2O3S. The van der Waals surface area contributed by atoms with Crippen molar-refractivity contribution in [2.24, 2.45) is 0 Å². The highest BCUT2D eigenvalue weighted by molar-refractivity contribution is 7.92. The molecule has 9 heteroatoms. The number of halogens is 3. The Morgan fingerprint density at radius 1 is 0.967 bits per heavy atom. The largest absolute Gasteiger partial charge is 0.350 e. The lowest BCUT2D eigenvalue weighted by Gasteiger charge is -2.24. The minimum absolute atomic E-state index is 0.00375. The first-order valence-electron chi connectivity index (χ1n) is 8.81. The maximum absolute atomic E-state index is 13.6. The van der Waals surface area contributed by atoms with Crippen molar-refractivity contribution in [1.82, 2.24) is 5.32 Å². The molecule has 0 aromatic heterocycles. The van der Waals surface area contributed by atoms with E-state index in [2.05, 4.69) is 5.32 Å². The second-order valence-corrected chi connectivity index (χ2v) is 9.03. The highest BCUT2D eigenvalue weighted by Gasteiger charge is 2.27. The monoisotopic (exact) mass is 466 g/mol. The van der Waals surface area contributed by atoms with Crippen LogP contribution in [0, 0.1) is 5.82 Å². The van der Waals surface area contributed by atoms with Crippen LogP contribution in [0.3, 0.4) is 0 Å². The van der Waals surface area contributed by atoms with E-state index in [0.717, 1.165) is 15.9 Å². The predicted molar refractivity (Wildman–Crippen MR) is 116 cm³/mol. The van der Waals surface area contributed by atoms with Gasteiger partial charge in [0.2, 0.25) is 5.91 Å². The van der Waals surface area contributed by atoms with E-state index >= 15 is 0 Å². The van der Waals surface area contributed by atoms with Crippen molar-refractivity contribution >= 4 is 44.8 Å². The van der Waals surface area contributed by atoms with Gasteiger partial charge in [-0.15, -0.1) is 0 Å². The molecule has 0 heterocycles. The van der Waals surface area contributed by atoms with Crippen molar-refractivity contribution in [1.29, 1.82) is 0 Å². The highest BCUT2D eigenvalue weighted by Crippen LogP contribution is 2.27. The van der Waals surface area contributed by atoms with Crippen LogP contribution in [0.4, 0.5) is 10.1 Å². The van der Waals surface area contributed by atoms with Crippen LogP contribution in [-0.2, 0) is 21.4 Å². The molecule has 0 aliphatic heterocycles. The molecule has 156 valence electrons. The van der Waals surface area contributed by atoms with E-state index < -0.39 is 28.3 Å². The van der Waals surface area contributed by atoms with Crippen LogP contribution in [0.1, 0.15) is 5.56 Å². The van der Waals surface area contributed by atoms with E-state index in [1.54, 1.807) is 42.5 Å². The first kappa shape index (κ1) is 22.1. The molecule has 0 spiro atoms. The summed E-state index contributed by atoms with van der Waals surface area (Å²) in [5, 5.41) is 2.99. The summed E-state index contributed by atoms with van der Waals surface area (Å²) >= 11 is 11.7. The molecule has 5 nitrogen and oxygen atoms in total. The fourth-order valence-corrected chi connectivity index (χ4v) is 4.40. The number of nitrogens with zero attached hydrogens (tertiary/aromatic N) is 1. The lowest BCUT2D eigenvalue weighted by Crippen LogP contribution is -2.40. The minimum atomic E-state index is -4.09. The van der Waals surface area contributed by atoms with E-state index in [9.17, 15) is 17.6 Å². The van der Waals surface area contributed by atoms with Crippen molar-refractivity contribution < 1.29 is 17.6 Å². The van der Waals surface area contributed by atoms with Crippen LogP contribution < -0.4 is 9.62 Å². The third kappa shape index (κ3) is 5.30. The number of carbonyl (C=O) groups is 1. The minimum Gasteiger partial charge on any atom is -0.350 e. The zero-order chi connectivity index (χ0) is 21.7. The van der Waals surface area contributed by atoms with Gasteiger partial charge in [-0.1, -0.05) is 53.5 Å². The van der Waals surface area contributed by atoms with Crippen molar-refractivity contribution in [2.75, 3.05) is 10.8 Å². The second kappa shape index (κ2) is 9.47. The van der Waals surface area contributed by atoms with Crippen molar-refractivity contribution in [3.05, 3.63) is 94.2 Å². The Balaban J connectivity index is 1.86. The summed E-state index contributed by atoms with van der Waals surface area (Å²) in [5.74, 6) is -1.23. The summed E-state index contributed by atoms with van der Waals surface area (Å²) in [6.07, 6.45) is 0. The summed E-state index contributed by atoms with van der Waals surface area (Å²) in [6.45, 7) is -0.313. The van der Waals surface area contributed by atoms with Gasteiger partial charge in [0.1, 0.15) is 12.4 Å². The lowest BCUT2D eigenvalue weighted by molar-refractivity contribution is -0.119. The topological polar surface area (TPSA) is 66.5 Å². The molecule has 0 saturated heterocycles. The van der Waals surface area contributed by atoms with Crippen LogP contribution in [0.25, 0.3) is 0 Å². The molecule has 0 atom stereocenters. The van der Waals surface area contributed by atoms with Crippen LogP contribution >= 0.6 is 23.2 Å². The van der Waals surface area contributed by atoms with Crippen molar-refractivity contribution in [3.63, 3.8) is 0 Å². The fourth-order valence-electron chi connectivity index (χ4n) is 2.66. The van der Waals surface area contributed by atoms with E-state index in [-0.39, 0.29) is 22.2 Å². The Hall–Kier alpha value is -2.61. The molecule has 3 aromatic carbocycles. The van der Waals surface area contributed by atoms with Gasteiger partial charge in [-0.3, -0.25) is 9.10 Å². The number of sulfonamides is 1. The number of amides is 1. The van der Waals surface area contributed by atoms with Gasteiger partial charge < -0.3 is 5.32 Å². The molecule has 3 aromatic rings. The van der Waals surface area contributed by atoms with Crippen LogP contribution in [-0.4, -0.2) is 20.9 Å². The first-order chi connectivity index (χ1) is 14.3. The van der Waals surface area contributed by atoms with Gasteiger partial charge in [-0.2, -0.15) is 0 Å². The fraction of sp³-hybridized carbons (Fsp3) is 0.0952. The molecule has 0 bridgehead atoms. The third-order valence-electron chi connectivity index (χ3n) is 4.21. The van der Waals surface area contributed by atoms with E-state index in [1.165, 1.54) is 24.3 Å². The number of rotatable bonds is 7. The number of nitrogens with one attached hydrogen (secondary N) is 1. The van der Waals surface area contributed by atoms with Gasteiger partial charge in [-0.05, 0) is 48.0 Å². The smallest absolute Gasteiger partial charge is 0.264 e. The molecule has 0 fully saturated rings. The van der Waals surface area contributed by atoms with Crippen LogP contribution in [0.2, 0.25) is 10.0 Å². The van der Waals surface area contributed by atoms with Crippen molar-refractivity contribution in [2.45, 2.75) is 11.4 Å². The average Bonchev–Trinajstić information content (AvgIpc) is 2.74. The summed E-state index contributed by atoms with van der Waals surface area (Å²) < 4.78 is 40.8. The number of benzene rings is 3. The molecule has 0 unspecified atom stereocenters. The van der Waals surface area contributed by atoms with E-state index in [4.69, 9.17) is 23.2 Å². The Morgan fingerprint density at radius 2 is 1.63 bits per heavy atom. The van der Waals surface area contributed by atoms with Gasteiger partial charge in [-0.25, -0.2) is 12.8 Å². The normalized spacial score (nSPS) is 11.2. The molecule has 0 saturated carbocycles. The highest BCUT2D eigenvalue weighted by atomic mass is 35.5. The molecule has 1 N–H and O–H groups in total. The maximum atomic E-state index is 13.6. The Kier molecular flexibility index (Phi) is 6.97. The summed E-state index contributed by atoms with van der Waals surface area (Å²) in [7, 11) is -4.09. The van der Waals surface area contributed by atoms with Gasteiger partial charge in [0, 0.05) is 11.6 Å². The van der Waals surface area contributed by atoms with E-state index in [0.29, 0.717) is 5.02 Å². The first-order valence-corrected chi connectivity index (χ1v) is 11.0. The van der Waals surface area contributed by atoms with Gasteiger partial charge >= 0.3 is 0 Å². The molecule has 30 heavy (non-hydrogen) atoms. The number of carbonyl (C=O) groups excluding carboxylic acids is 1. The van der Waals surface area contributed by atoms with Gasteiger partial charge in [0.05, 0.1) is 15.6 Å². The molecule has 3 rings (SSSR count). The molecule has 0 aliphatic rings. The Bertz CT molecular complexity index is 1140. The second-order valence-electron chi connectivity index (χ2n) is 6.33. The quantitative estimate of drug-likeness (QED) is 0.551. The third-order valence-corrected chi connectivity index (χ3v) is 6.54. The van der Waals surface area contributed by atoms with Crippen LogP contribution in [0.5, 0.6) is 0 Å². The predicted octanol–water partition coefficient (Wildman–Crippen LogP) is 4.64. The SMILES string of the molecule is O=C(CN(c1ccc(F)c(Cl)c1)S(=O)(=O)c1ccccc1)NCc1ccc(Cl)cc1. The summed E-state index contributed by atoms with van der Waals surface area (Å²) in [4.78, 5) is 12.5. The van der Waals surface area contributed by atoms with E-state index in [1.807, 2.05) is 0 Å². The maximum Gasteiger partial charge on any atom is 0.264 e. The Morgan fingerprint density at radius 3 is 2.27 bits per heavy atom. The molecule has 1 amide bonds. The van der Waals surface area contributed by atoms with Crippen molar-refractivity contribution in [3.8, 4) is 0 Å². The summed E-state index contributed by atoms with van der Waals surface area (Å²) in [6, 6.07) is 18.0. The molecular weight excluding hydrogens is 450 g/mol. The number of hydrogen-bond donors (Lipinski definition) is 1. The standard InChI is InChI=1S/C21H17Cl2FN2O3S/c22-16-8-6-15(7-9-16)13-25-21(27)14-26(17-10-11-20(24)19(23)12-17)30(28,29)18-4-2-1-3-5-18/h1-12H,13-14H2,(H,25,27). The van der Waals surface area contributed by atoms with Gasteiger partial charge in [0.15, 0.2) is 0 Å². The Labute approximate surface area is 184 Å². The number of hydrogen-bond acceptors (Lipinski definition) is 3. The number of anilines is 1. The zero-order valence-corrected chi connectivity index (χ0v) is 17.9.